The summed E-state index contributed by atoms with van der Waals surface area (Å²) in [6.45, 7) is 11.1. The molecule has 3 nitrogen and oxygen atoms in total. The Labute approximate surface area is 189 Å². The normalized spacial score (nSPS) is 16.2. The van der Waals surface area contributed by atoms with E-state index in [2.05, 4.69) is 63.5 Å². The van der Waals surface area contributed by atoms with E-state index in [1.807, 2.05) is 0 Å². The number of nitrogens with zero attached hydrogens (tertiary/aromatic N) is 1. The summed E-state index contributed by atoms with van der Waals surface area (Å²) < 4.78 is 2.52. The molecule has 0 bridgehead atoms. The van der Waals surface area contributed by atoms with Gasteiger partial charge in [-0.3, -0.25) is 4.79 Å². The van der Waals surface area contributed by atoms with Gasteiger partial charge < -0.3 is 10.3 Å². The average Bonchev–Trinajstić information content (AvgIpc) is 2.98. The van der Waals surface area contributed by atoms with E-state index in [1.54, 1.807) is 0 Å². The van der Waals surface area contributed by atoms with Gasteiger partial charge in [0.15, 0.2) is 0 Å². The minimum Gasteiger partial charge on any atom is -0.366 e. The second-order valence-corrected chi connectivity index (χ2v) is 10.4. The van der Waals surface area contributed by atoms with Crippen LogP contribution in [-0.2, 0) is 11.8 Å². The summed E-state index contributed by atoms with van der Waals surface area (Å²) in [5, 5.41) is 0. The second-order valence-electron chi connectivity index (χ2n) is 10.4. The van der Waals surface area contributed by atoms with Gasteiger partial charge in [0.2, 0.25) is 0 Å². The van der Waals surface area contributed by atoms with Gasteiger partial charge in [-0.1, -0.05) is 90.5 Å². The number of unbranched alkanes of at least 4 members (excludes halogenated alkanes) is 1. The minimum absolute atomic E-state index is 0.108. The zero-order valence-electron chi connectivity index (χ0n) is 20.4. The van der Waals surface area contributed by atoms with Crippen LogP contribution in [0.25, 0.3) is 11.1 Å². The Morgan fingerprint density at radius 2 is 1.61 bits per heavy atom. The number of rotatable bonds is 6. The van der Waals surface area contributed by atoms with Crippen LogP contribution in [0.15, 0.2) is 24.3 Å². The summed E-state index contributed by atoms with van der Waals surface area (Å²) in [4.78, 5) is 12.7. The van der Waals surface area contributed by atoms with Crippen LogP contribution >= 0.6 is 0 Å². The Morgan fingerprint density at radius 1 is 1.03 bits per heavy atom. The monoisotopic (exact) mass is 422 g/mol. The van der Waals surface area contributed by atoms with Gasteiger partial charge >= 0.3 is 0 Å². The Balaban J connectivity index is 2.17. The molecule has 1 heterocycles. The molecule has 0 saturated heterocycles. The molecule has 3 heteroatoms. The van der Waals surface area contributed by atoms with Crippen molar-refractivity contribution in [1.29, 1.82) is 0 Å². The second kappa shape index (κ2) is 10.1. The smallest absolute Gasteiger partial charge is 0.251 e. The first kappa shape index (κ1) is 23.6. The lowest BCUT2D eigenvalue weighted by Crippen LogP contribution is -2.17. The van der Waals surface area contributed by atoms with E-state index < -0.39 is 0 Å². The van der Waals surface area contributed by atoms with Crippen LogP contribution in [0.1, 0.15) is 119 Å². The van der Waals surface area contributed by atoms with Crippen LogP contribution in [0.2, 0.25) is 0 Å². The van der Waals surface area contributed by atoms with Crippen molar-refractivity contribution in [2.45, 2.75) is 110 Å². The topological polar surface area (TPSA) is 48.0 Å². The summed E-state index contributed by atoms with van der Waals surface area (Å²) in [7, 11) is 0. The third-order valence-electron chi connectivity index (χ3n) is 7.05. The highest BCUT2D eigenvalue weighted by atomic mass is 16.1. The fourth-order valence-corrected chi connectivity index (χ4v) is 5.29. The molecule has 1 fully saturated rings. The Morgan fingerprint density at radius 3 is 2.13 bits per heavy atom. The van der Waals surface area contributed by atoms with Gasteiger partial charge in [0.25, 0.3) is 5.91 Å². The number of nitrogens with two attached hydrogens (primary N) is 1. The quantitative estimate of drug-likeness (QED) is 0.515. The molecule has 1 aromatic carbocycles. The molecule has 31 heavy (non-hydrogen) atoms. The largest absolute Gasteiger partial charge is 0.366 e. The standard InChI is InChI=1S/C28H42N2O/c1-6-7-15-24-26(21-16-18-22(19-17-21)28(3,4)5)25(27(29)31)20(2)30(24)23-13-11-9-8-10-12-14-23/h16-19,23H,6-15H2,1-5H3,(H2,29,31). The summed E-state index contributed by atoms with van der Waals surface area (Å²) >= 11 is 0. The van der Waals surface area contributed by atoms with Crippen molar-refractivity contribution in [3.05, 3.63) is 46.8 Å². The SMILES string of the molecule is CCCCc1c(-c2ccc(C(C)(C)C)cc2)c(C(N)=O)c(C)n1C1CCCCCCC1. The lowest BCUT2D eigenvalue weighted by Gasteiger charge is -2.26. The Hall–Kier alpha value is -2.03. The maximum Gasteiger partial charge on any atom is 0.251 e. The average molecular weight is 423 g/mol. The van der Waals surface area contributed by atoms with Crippen molar-refractivity contribution in [1.82, 2.24) is 4.57 Å². The number of primary amides is 1. The third kappa shape index (κ3) is 5.25. The zero-order chi connectivity index (χ0) is 22.6. The molecule has 1 aromatic heterocycles. The van der Waals surface area contributed by atoms with Crippen LogP contribution in [0.4, 0.5) is 0 Å². The van der Waals surface area contributed by atoms with E-state index >= 15 is 0 Å². The van der Waals surface area contributed by atoms with Gasteiger partial charge in [0.1, 0.15) is 0 Å². The number of amides is 1. The fourth-order valence-electron chi connectivity index (χ4n) is 5.29. The highest BCUT2D eigenvalue weighted by Gasteiger charge is 2.28. The molecular weight excluding hydrogens is 380 g/mol. The molecule has 1 saturated carbocycles. The number of hydrogen-bond acceptors (Lipinski definition) is 1. The molecule has 0 unspecified atom stereocenters. The molecular formula is C28H42N2O. The fraction of sp³-hybridized carbons (Fsp3) is 0.607. The van der Waals surface area contributed by atoms with Crippen molar-refractivity contribution < 1.29 is 4.79 Å². The van der Waals surface area contributed by atoms with Crippen molar-refractivity contribution >= 4 is 5.91 Å². The molecule has 3 rings (SSSR count). The van der Waals surface area contributed by atoms with Crippen LogP contribution in [0.5, 0.6) is 0 Å². The lowest BCUT2D eigenvalue weighted by molar-refractivity contribution is 0.1000. The Kier molecular flexibility index (Phi) is 7.67. The first-order valence-electron chi connectivity index (χ1n) is 12.4. The van der Waals surface area contributed by atoms with Gasteiger partial charge in [0, 0.05) is 23.0 Å². The van der Waals surface area contributed by atoms with E-state index in [1.165, 1.54) is 56.2 Å². The molecule has 0 atom stereocenters. The predicted molar refractivity (Wildman–Crippen MR) is 132 cm³/mol. The van der Waals surface area contributed by atoms with E-state index in [-0.39, 0.29) is 11.3 Å². The molecule has 2 N–H and O–H groups in total. The molecule has 1 aliphatic rings. The summed E-state index contributed by atoms with van der Waals surface area (Å²) in [5.74, 6) is -0.297. The molecule has 1 aliphatic carbocycles. The summed E-state index contributed by atoms with van der Waals surface area (Å²) in [5.41, 5.74) is 12.7. The van der Waals surface area contributed by atoms with Crippen molar-refractivity contribution in [2.75, 3.05) is 0 Å². The summed E-state index contributed by atoms with van der Waals surface area (Å²) in [6.07, 6.45) is 12.2. The van der Waals surface area contributed by atoms with Crippen LogP contribution in [0.3, 0.4) is 0 Å². The lowest BCUT2D eigenvalue weighted by atomic mass is 9.86. The van der Waals surface area contributed by atoms with Gasteiger partial charge in [-0.25, -0.2) is 0 Å². The van der Waals surface area contributed by atoms with Crippen LogP contribution in [-0.4, -0.2) is 10.5 Å². The third-order valence-corrected chi connectivity index (χ3v) is 7.05. The van der Waals surface area contributed by atoms with Gasteiger partial charge in [-0.2, -0.15) is 0 Å². The number of hydrogen-bond donors (Lipinski definition) is 1. The molecule has 0 spiro atoms. The molecule has 0 aliphatic heterocycles. The Bertz CT molecular complexity index is 875. The van der Waals surface area contributed by atoms with E-state index in [0.29, 0.717) is 6.04 Å². The maximum absolute atomic E-state index is 12.7. The van der Waals surface area contributed by atoms with Gasteiger partial charge in [-0.05, 0) is 49.1 Å². The highest BCUT2D eigenvalue weighted by molar-refractivity contribution is 6.02. The first-order chi connectivity index (χ1) is 14.8. The molecule has 2 aromatic rings. The van der Waals surface area contributed by atoms with Crippen molar-refractivity contribution in [2.24, 2.45) is 5.73 Å². The number of benzene rings is 1. The minimum atomic E-state index is -0.297. The maximum atomic E-state index is 12.7. The van der Waals surface area contributed by atoms with Crippen molar-refractivity contribution in [3.63, 3.8) is 0 Å². The molecule has 170 valence electrons. The molecule has 1 amide bonds. The molecule has 0 radical (unpaired) electrons. The van der Waals surface area contributed by atoms with Crippen molar-refractivity contribution in [3.8, 4) is 11.1 Å². The van der Waals surface area contributed by atoms with Crippen LogP contribution in [0, 0.1) is 6.92 Å². The number of carbonyl (C=O) groups excluding carboxylic acids is 1. The number of aromatic nitrogens is 1. The summed E-state index contributed by atoms with van der Waals surface area (Å²) in [6, 6.07) is 9.30. The first-order valence-corrected chi connectivity index (χ1v) is 12.4. The highest BCUT2D eigenvalue weighted by Crippen LogP contribution is 2.39. The van der Waals surface area contributed by atoms with E-state index in [4.69, 9.17) is 5.73 Å². The van der Waals surface area contributed by atoms with Gasteiger partial charge in [-0.15, -0.1) is 0 Å². The van der Waals surface area contributed by atoms with Crippen LogP contribution < -0.4 is 5.73 Å². The zero-order valence-corrected chi connectivity index (χ0v) is 20.4. The predicted octanol–water partition coefficient (Wildman–Crippen LogP) is 7.49. The van der Waals surface area contributed by atoms with E-state index in [0.717, 1.165) is 41.6 Å². The van der Waals surface area contributed by atoms with E-state index in [9.17, 15) is 4.79 Å². The number of carbonyl (C=O) groups is 1. The van der Waals surface area contributed by atoms with Gasteiger partial charge in [0.05, 0.1) is 5.56 Å².